The Morgan fingerprint density at radius 2 is 2.21 bits per heavy atom. The van der Waals surface area contributed by atoms with Gasteiger partial charge in [-0.15, -0.1) is 11.3 Å². The molecule has 1 aliphatic rings. The van der Waals surface area contributed by atoms with Gasteiger partial charge < -0.3 is 4.57 Å². The first kappa shape index (κ1) is 8.95. The third-order valence-corrected chi connectivity index (χ3v) is 4.75. The summed E-state index contributed by atoms with van der Waals surface area (Å²) >= 11 is 9.11. The van der Waals surface area contributed by atoms with Crippen molar-refractivity contribution in [3.05, 3.63) is 28.2 Å². The Morgan fingerprint density at radius 1 is 1.43 bits per heavy atom. The standard InChI is InChI=1S/C10H9NS3/c12-10-11(5-7-6-13-7)8-3-1-2-4-9(8)14-10/h1-4,7H,5-6H2. The normalized spacial score (nSPS) is 20.1. The fraction of sp³-hybridized carbons (Fsp3) is 0.300. The topological polar surface area (TPSA) is 4.93 Å². The lowest BCUT2D eigenvalue weighted by Crippen LogP contribution is -2.01. The van der Waals surface area contributed by atoms with Gasteiger partial charge in [-0.25, -0.2) is 0 Å². The van der Waals surface area contributed by atoms with Gasteiger partial charge in [-0.05, 0) is 24.4 Å². The van der Waals surface area contributed by atoms with Gasteiger partial charge in [0.2, 0.25) is 0 Å². The van der Waals surface area contributed by atoms with E-state index in [4.69, 9.17) is 12.2 Å². The maximum atomic E-state index is 5.37. The van der Waals surface area contributed by atoms with E-state index in [1.165, 1.54) is 16.0 Å². The Kier molecular flexibility index (Phi) is 2.15. The molecular formula is C10H9NS3. The van der Waals surface area contributed by atoms with E-state index in [9.17, 15) is 0 Å². The lowest BCUT2D eigenvalue weighted by atomic mass is 10.3. The molecule has 1 saturated heterocycles. The van der Waals surface area contributed by atoms with E-state index in [1.54, 1.807) is 11.3 Å². The van der Waals surface area contributed by atoms with E-state index in [2.05, 4.69) is 28.8 Å². The minimum Gasteiger partial charge on any atom is -0.322 e. The van der Waals surface area contributed by atoms with Crippen LogP contribution in [0.25, 0.3) is 10.2 Å². The summed E-state index contributed by atoms with van der Waals surface area (Å²) in [5.74, 6) is 1.30. The third kappa shape index (κ3) is 1.51. The predicted octanol–water partition coefficient (Wildman–Crippen LogP) is 3.55. The fourth-order valence-electron chi connectivity index (χ4n) is 1.56. The van der Waals surface area contributed by atoms with Crippen LogP contribution in [0, 0.1) is 3.95 Å². The number of aromatic nitrogens is 1. The van der Waals surface area contributed by atoms with E-state index in [0.29, 0.717) is 0 Å². The first-order chi connectivity index (χ1) is 6.84. The molecule has 0 radical (unpaired) electrons. The minimum atomic E-state index is 0.805. The van der Waals surface area contributed by atoms with Crippen LogP contribution in [0.1, 0.15) is 0 Å². The van der Waals surface area contributed by atoms with Crippen molar-refractivity contribution in [3.8, 4) is 0 Å². The number of para-hydroxylation sites is 1. The van der Waals surface area contributed by atoms with Gasteiger partial charge in [0, 0.05) is 17.5 Å². The van der Waals surface area contributed by atoms with Crippen molar-refractivity contribution in [3.63, 3.8) is 0 Å². The monoisotopic (exact) mass is 239 g/mol. The number of thiazole rings is 1. The number of rotatable bonds is 2. The van der Waals surface area contributed by atoms with Gasteiger partial charge in [-0.1, -0.05) is 12.1 Å². The molecule has 1 fully saturated rings. The van der Waals surface area contributed by atoms with Crippen LogP contribution in [0.3, 0.4) is 0 Å². The highest BCUT2D eigenvalue weighted by Gasteiger charge is 2.23. The number of hydrogen-bond acceptors (Lipinski definition) is 3. The van der Waals surface area contributed by atoms with Crippen molar-refractivity contribution in [1.82, 2.24) is 4.57 Å². The number of fused-ring (bicyclic) bond motifs is 1. The van der Waals surface area contributed by atoms with Crippen LogP contribution in [-0.2, 0) is 6.54 Å². The third-order valence-electron chi connectivity index (χ3n) is 2.36. The van der Waals surface area contributed by atoms with Gasteiger partial charge in [0.15, 0.2) is 3.95 Å². The smallest absolute Gasteiger partial charge is 0.162 e. The van der Waals surface area contributed by atoms with Crippen molar-refractivity contribution >= 4 is 45.5 Å². The molecule has 1 aromatic carbocycles. The molecule has 2 aromatic rings. The SMILES string of the molecule is S=c1sc2ccccc2n1CC1CS1. The number of nitrogens with zero attached hydrogens (tertiary/aromatic N) is 1. The fourth-order valence-corrected chi connectivity index (χ4v) is 3.40. The zero-order chi connectivity index (χ0) is 9.54. The first-order valence-electron chi connectivity index (χ1n) is 4.54. The van der Waals surface area contributed by atoms with E-state index in [-0.39, 0.29) is 0 Å². The molecule has 3 rings (SSSR count). The summed E-state index contributed by atoms with van der Waals surface area (Å²) < 4.78 is 4.60. The van der Waals surface area contributed by atoms with Crippen LogP contribution in [0.2, 0.25) is 0 Å². The molecule has 0 aliphatic carbocycles. The van der Waals surface area contributed by atoms with E-state index >= 15 is 0 Å². The second kappa shape index (κ2) is 3.36. The van der Waals surface area contributed by atoms with Gasteiger partial charge in [-0.2, -0.15) is 11.8 Å². The predicted molar refractivity (Wildman–Crippen MR) is 66.9 cm³/mol. The zero-order valence-electron chi connectivity index (χ0n) is 7.47. The summed E-state index contributed by atoms with van der Waals surface area (Å²) in [5.41, 5.74) is 1.30. The van der Waals surface area contributed by atoms with Crippen LogP contribution in [0.4, 0.5) is 0 Å². The van der Waals surface area contributed by atoms with Gasteiger partial charge in [0.05, 0.1) is 10.2 Å². The summed E-state index contributed by atoms with van der Waals surface area (Å²) in [4.78, 5) is 0. The van der Waals surface area contributed by atoms with Crippen molar-refractivity contribution in [1.29, 1.82) is 0 Å². The quantitative estimate of drug-likeness (QED) is 0.583. The molecule has 2 heterocycles. The Hall–Kier alpha value is -0.320. The molecule has 1 aromatic heterocycles. The lowest BCUT2D eigenvalue weighted by Gasteiger charge is -2.01. The molecule has 1 aliphatic heterocycles. The van der Waals surface area contributed by atoms with Crippen LogP contribution in [0.5, 0.6) is 0 Å². The molecule has 0 spiro atoms. The maximum Gasteiger partial charge on any atom is 0.162 e. The van der Waals surface area contributed by atoms with E-state index in [0.717, 1.165) is 15.7 Å². The number of thioether (sulfide) groups is 1. The summed E-state index contributed by atoms with van der Waals surface area (Å²) in [6.45, 7) is 1.09. The molecule has 1 unspecified atom stereocenters. The number of hydrogen-bond donors (Lipinski definition) is 0. The van der Waals surface area contributed by atoms with Crippen molar-refractivity contribution in [2.45, 2.75) is 11.8 Å². The van der Waals surface area contributed by atoms with Crippen molar-refractivity contribution in [2.24, 2.45) is 0 Å². The second-order valence-electron chi connectivity index (χ2n) is 3.40. The van der Waals surface area contributed by atoms with E-state index in [1.807, 2.05) is 11.8 Å². The summed E-state index contributed by atoms with van der Waals surface area (Å²) in [5, 5.41) is 0.805. The maximum absolute atomic E-state index is 5.37. The first-order valence-corrected chi connectivity index (χ1v) is 6.82. The van der Waals surface area contributed by atoms with Crippen LogP contribution in [0.15, 0.2) is 24.3 Å². The van der Waals surface area contributed by atoms with Gasteiger partial charge in [0.1, 0.15) is 0 Å². The molecule has 0 saturated carbocycles. The molecule has 1 nitrogen and oxygen atoms in total. The second-order valence-corrected chi connectivity index (χ2v) is 6.41. The highest BCUT2D eigenvalue weighted by molar-refractivity contribution is 8.06. The van der Waals surface area contributed by atoms with Crippen molar-refractivity contribution in [2.75, 3.05) is 5.75 Å². The molecule has 72 valence electrons. The molecule has 1 atom stereocenters. The Bertz CT molecular complexity index is 521. The lowest BCUT2D eigenvalue weighted by molar-refractivity contribution is 0.749. The molecule has 0 N–H and O–H groups in total. The highest BCUT2D eigenvalue weighted by atomic mass is 32.2. The highest BCUT2D eigenvalue weighted by Crippen LogP contribution is 2.33. The summed E-state index contributed by atoms with van der Waals surface area (Å²) in [6, 6.07) is 8.46. The van der Waals surface area contributed by atoms with Crippen LogP contribution < -0.4 is 0 Å². The van der Waals surface area contributed by atoms with Gasteiger partial charge in [-0.3, -0.25) is 0 Å². The summed E-state index contributed by atoms with van der Waals surface area (Å²) in [7, 11) is 0. The molecular weight excluding hydrogens is 230 g/mol. The Balaban J connectivity index is 2.18. The minimum absolute atomic E-state index is 0.805. The van der Waals surface area contributed by atoms with E-state index < -0.39 is 0 Å². The summed E-state index contributed by atoms with van der Waals surface area (Å²) in [6.07, 6.45) is 0. The Labute approximate surface area is 95.8 Å². The van der Waals surface area contributed by atoms with Crippen LogP contribution >= 0.6 is 35.3 Å². The molecule has 0 amide bonds. The average molecular weight is 239 g/mol. The largest absolute Gasteiger partial charge is 0.322 e. The van der Waals surface area contributed by atoms with Crippen LogP contribution in [-0.4, -0.2) is 15.6 Å². The Morgan fingerprint density at radius 3 is 3.00 bits per heavy atom. The van der Waals surface area contributed by atoms with Gasteiger partial charge >= 0.3 is 0 Å². The van der Waals surface area contributed by atoms with Crippen molar-refractivity contribution < 1.29 is 0 Å². The average Bonchev–Trinajstić information content (AvgIpc) is 2.93. The molecule has 0 bridgehead atoms. The molecule has 14 heavy (non-hydrogen) atoms. The van der Waals surface area contributed by atoms with Gasteiger partial charge in [0.25, 0.3) is 0 Å². The molecule has 4 heteroatoms. The number of benzene rings is 1. The zero-order valence-corrected chi connectivity index (χ0v) is 9.92.